The Morgan fingerprint density at radius 3 is 3.00 bits per heavy atom. The molecule has 12 heavy (non-hydrogen) atoms. The molecule has 0 bridgehead atoms. The zero-order chi connectivity index (χ0) is 8.81. The van der Waals surface area contributed by atoms with E-state index in [1.165, 1.54) is 9.35 Å². The van der Waals surface area contributed by atoms with Crippen molar-refractivity contribution < 1.29 is 5.11 Å². The van der Waals surface area contributed by atoms with E-state index in [2.05, 4.69) is 27.4 Å². The highest BCUT2D eigenvalue weighted by molar-refractivity contribution is 9.10. The smallest absolute Gasteiger partial charge is 0.0438 e. The number of rotatable bonds is 5. The van der Waals surface area contributed by atoms with Gasteiger partial charge in [0.15, 0.2) is 0 Å². The zero-order valence-corrected chi connectivity index (χ0v) is 9.84. The fourth-order valence-corrected chi connectivity index (χ4v) is 3.29. The topological polar surface area (TPSA) is 20.2 Å². The summed E-state index contributed by atoms with van der Waals surface area (Å²) in [6, 6.07) is 2.15. The molecule has 0 aliphatic carbocycles. The highest BCUT2D eigenvalue weighted by Gasteiger charge is 1.96. The monoisotopic (exact) mass is 266 g/mol. The quantitative estimate of drug-likeness (QED) is 0.827. The van der Waals surface area contributed by atoms with Gasteiger partial charge >= 0.3 is 0 Å². The van der Waals surface area contributed by atoms with Crippen molar-refractivity contribution >= 4 is 39.0 Å². The fourth-order valence-electron chi connectivity index (χ4n) is 0.769. The lowest BCUT2D eigenvalue weighted by molar-refractivity contribution is 0.296. The first-order valence-electron chi connectivity index (χ1n) is 3.74. The molecule has 0 unspecified atom stereocenters. The number of halogens is 1. The molecule has 1 rings (SSSR count). The molecule has 0 aliphatic rings. The highest BCUT2D eigenvalue weighted by atomic mass is 79.9. The van der Waals surface area contributed by atoms with Gasteiger partial charge in [-0.2, -0.15) is 11.8 Å². The third kappa shape index (κ3) is 3.94. The van der Waals surface area contributed by atoms with Crippen LogP contribution in [-0.2, 0) is 5.75 Å². The molecule has 68 valence electrons. The summed E-state index contributed by atoms with van der Waals surface area (Å²) in [5.41, 5.74) is 0. The molecule has 0 amide bonds. The summed E-state index contributed by atoms with van der Waals surface area (Å²) < 4.78 is 1.17. The van der Waals surface area contributed by atoms with Crippen LogP contribution in [0.2, 0.25) is 0 Å². The van der Waals surface area contributed by atoms with E-state index >= 15 is 0 Å². The molecule has 0 atom stereocenters. The molecule has 0 saturated carbocycles. The van der Waals surface area contributed by atoms with Crippen molar-refractivity contribution in [2.75, 3.05) is 12.4 Å². The Kier molecular flexibility index (Phi) is 5.30. The normalized spacial score (nSPS) is 10.5. The average molecular weight is 267 g/mol. The molecule has 1 N–H and O–H groups in total. The van der Waals surface area contributed by atoms with Crippen LogP contribution in [0.1, 0.15) is 11.3 Å². The Bertz CT molecular complexity index is 225. The van der Waals surface area contributed by atoms with Gasteiger partial charge in [-0.15, -0.1) is 11.3 Å². The lowest BCUT2D eigenvalue weighted by atomic mass is 10.5. The summed E-state index contributed by atoms with van der Waals surface area (Å²) in [4.78, 5) is 1.39. The second-order valence-electron chi connectivity index (χ2n) is 2.36. The zero-order valence-electron chi connectivity index (χ0n) is 6.62. The maximum absolute atomic E-state index is 8.55. The van der Waals surface area contributed by atoms with Crippen LogP contribution >= 0.6 is 39.0 Å². The molecule has 0 fully saturated rings. The first kappa shape index (κ1) is 10.6. The maximum atomic E-state index is 8.55. The van der Waals surface area contributed by atoms with Crippen LogP contribution in [0.5, 0.6) is 0 Å². The van der Waals surface area contributed by atoms with Crippen LogP contribution in [0.25, 0.3) is 0 Å². The number of thiophene rings is 1. The lowest BCUT2D eigenvalue weighted by Gasteiger charge is -1.96. The number of thioether (sulfide) groups is 1. The van der Waals surface area contributed by atoms with Crippen molar-refractivity contribution in [1.82, 2.24) is 0 Å². The van der Waals surface area contributed by atoms with E-state index in [-0.39, 0.29) is 0 Å². The van der Waals surface area contributed by atoms with Crippen molar-refractivity contribution in [3.8, 4) is 0 Å². The van der Waals surface area contributed by atoms with Gasteiger partial charge in [0, 0.05) is 27.1 Å². The average Bonchev–Trinajstić information content (AvgIpc) is 2.45. The molecule has 0 spiro atoms. The van der Waals surface area contributed by atoms with E-state index in [1.807, 2.05) is 11.8 Å². The SMILES string of the molecule is OCCCSCc1cc(Br)cs1. The minimum Gasteiger partial charge on any atom is -0.396 e. The highest BCUT2D eigenvalue weighted by Crippen LogP contribution is 2.23. The van der Waals surface area contributed by atoms with E-state index in [1.54, 1.807) is 11.3 Å². The maximum Gasteiger partial charge on any atom is 0.0438 e. The number of aliphatic hydroxyl groups excluding tert-OH is 1. The minimum atomic E-state index is 0.307. The van der Waals surface area contributed by atoms with Crippen LogP contribution in [0.4, 0.5) is 0 Å². The molecule has 1 heterocycles. The van der Waals surface area contributed by atoms with Gasteiger partial charge in [-0.1, -0.05) is 0 Å². The third-order valence-corrected chi connectivity index (χ3v) is 4.29. The van der Waals surface area contributed by atoms with Crippen molar-refractivity contribution in [1.29, 1.82) is 0 Å². The summed E-state index contributed by atoms with van der Waals surface area (Å²) in [5, 5.41) is 10.6. The van der Waals surface area contributed by atoms with Crippen molar-refractivity contribution in [3.63, 3.8) is 0 Å². The molecule has 0 aromatic carbocycles. The van der Waals surface area contributed by atoms with E-state index < -0.39 is 0 Å². The molecule has 0 radical (unpaired) electrons. The predicted octanol–water partition coefficient (Wildman–Crippen LogP) is 3.13. The summed E-state index contributed by atoms with van der Waals surface area (Å²) in [6.45, 7) is 0.307. The van der Waals surface area contributed by atoms with Crippen LogP contribution in [0.3, 0.4) is 0 Å². The first-order chi connectivity index (χ1) is 5.83. The van der Waals surface area contributed by atoms with E-state index in [4.69, 9.17) is 5.11 Å². The molecule has 0 aliphatic heterocycles. The van der Waals surface area contributed by atoms with Crippen LogP contribution in [0.15, 0.2) is 15.9 Å². The second-order valence-corrected chi connectivity index (χ2v) is 5.38. The van der Waals surface area contributed by atoms with Gasteiger partial charge in [-0.25, -0.2) is 0 Å². The van der Waals surface area contributed by atoms with Gasteiger partial charge in [-0.05, 0) is 34.2 Å². The Labute approximate surface area is 89.3 Å². The van der Waals surface area contributed by atoms with Crippen molar-refractivity contribution in [2.24, 2.45) is 0 Å². The number of hydrogen-bond donors (Lipinski definition) is 1. The Balaban J connectivity index is 2.15. The standard InChI is InChI=1S/C8H11BrOS2/c9-7-4-8(12-5-7)6-11-3-1-2-10/h4-5,10H,1-3,6H2. The van der Waals surface area contributed by atoms with Crippen molar-refractivity contribution in [3.05, 3.63) is 20.8 Å². The first-order valence-corrected chi connectivity index (χ1v) is 6.57. The molecular formula is C8H11BrOS2. The number of aliphatic hydroxyl groups is 1. The summed E-state index contributed by atoms with van der Waals surface area (Å²) >= 11 is 7.07. The van der Waals surface area contributed by atoms with Gasteiger partial charge in [0.25, 0.3) is 0 Å². The molecule has 1 aromatic rings. The second kappa shape index (κ2) is 6.02. The van der Waals surface area contributed by atoms with E-state index in [9.17, 15) is 0 Å². The molecule has 1 nitrogen and oxygen atoms in total. The lowest BCUT2D eigenvalue weighted by Crippen LogP contribution is -1.85. The van der Waals surface area contributed by atoms with Gasteiger partial charge in [0.1, 0.15) is 0 Å². The number of hydrogen-bond acceptors (Lipinski definition) is 3. The molecule has 0 saturated heterocycles. The summed E-state index contributed by atoms with van der Waals surface area (Å²) in [6.07, 6.45) is 0.900. The van der Waals surface area contributed by atoms with E-state index in [0.29, 0.717) is 6.61 Å². The Hall–Kier alpha value is 0.490. The fraction of sp³-hybridized carbons (Fsp3) is 0.500. The predicted molar refractivity (Wildman–Crippen MR) is 59.9 cm³/mol. The van der Waals surface area contributed by atoms with Gasteiger partial charge in [-0.3, -0.25) is 0 Å². The van der Waals surface area contributed by atoms with Crippen LogP contribution < -0.4 is 0 Å². The summed E-state index contributed by atoms with van der Waals surface area (Å²) in [7, 11) is 0. The summed E-state index contributed by atoms with van der Waals surface area (Å²) in [5.74, 6) is 2.11. The molecular weight excluding hydrogens is 256 g/mol. The van der Waals surface area contributed by atoms with E-state index in [0.717, 1.165) is 17.9 Å². The Morgan fingerprint density at radius 1 is 1.58 bits per heavy atom. The van der Waals surface area contributed by atoms with Crippen LogP contribution in [0, 0.1) is 0 Å². The largest absolute Gasteiger partial charge is 0.396 e. The molecule has 4 heteroatoms. The van der Waals surface area contributed by atoms with Gasteiger partial charge in [0.05, 0.1) is 0 Å². The third-order valence-electron chi connectivity index (χ3n) is 1.31. The Morgan fingerprint density at radius 2 is 2.42 bits per heavy atom. The van der Waals surface area contributed by atoms with Crippen molar-refractivity contribution in [2.45, 2.75) is 12.2 Å². The molecule has 1 aromatic heterocycles. The van der Waals surface area contributed by atoms with Gasteiger partial charge in [0.2, 0.25) is 0 Å². The van der Waals surface area contributed by atoms with Crippen LogP contribution in [-0.4, -0.2) is 17.5 Å². The minimum absolute atomic E-state index is 0.307. The van der Waals surface area contributed by atoms with Gasteiger partial charge < -0.3 is 5.11 Å².